The highest BCUT2D eigenvalue weighted by molar-refractivity contribution is 5.89. The van der Waals surface area contributed by atoms with E-state index in [-0.39, 0.29) is 24.9 Å². The number of anilines is 1. The average molecular weight is 565 g/mol. The molecule has 5 heterocycles. The Morgan fingerprint density at radius 1 is 1.05 bits per heavy atom. The second-order valence-corrected chi connectivity index (χ2v) is 11.3. The molecule has 1 aliphatic carbocycles. The third-order valence-corrected chi connectivity index (χ3v) is 8.58. The van der Waals surface area contributed by atoms with Crippen LogP contribution in [-0.4, -0.2) is 88.4 Å². The Kier molecular flexibility index (Phi) is 7.23. The molecule has 1 saturated carbocycles. The number of aliphatic hydroxyl groups excluding tert-OH is 1. The van der Waals surface area contributed by atoms with Crippen molar-refractivity contribution in [3.63, 3.8) is 0 Å². The molecule has 0 radical (unpaired) electrons. The monoisotopic (exact) mass is 564 g/mol. The van der Waals surface area contributed by atoms with E-state index in [1.54, 1.807) is 12.1 Å². The number of hydrogen-bond acceptors (Lipinski definition) is 10. The van der Waals surface area contributed by atoms with E-state index in [2.05, 4.69) is 14.9 Å². The Hall–Kier alpha value is -3.32. The van der Waals surface area contributed by atoms with Crippen molar-refractivity contribution in [1.82, 2.24) is 25.1 Å². The van der Waals surface area contributed by atoms with Crippen LogP contribution in [0.15, 0.2) is 30.5 Å². The largest absolute Gasteiger partial charge is 0.412 e. The molecular weight excluding hydrogens is 528 g/mol. The molecular formula is C29H36N6O6. The van der Waals surface area contributed by atoms with Crippen molar-refractivity contribution in [3.05, 3.63) is 30.5 Å². The fraction of sp³-hybridized carbons (Fsp3) is 0.586. The quantitative estimate of drug-likeness (QED) is 0.412. The van der Waals surface area contributed by atoms with Gasteiger partial charge in [0.25, 0.3) is 0 Å². The highest BCUT2D eigenvalue weighted by Crippen LogP contribution is 2.42. The number of nitrogens with zero attached hydrogens (tertiary/aromatic N) is 5. The van der Waals surface area contributed by atoms with E-state index >= 15 is 0 Å². The van der Waals surface area contributed by atoms with Crippen molar-refractivity contribution >= 4 is 22.9 Å². The molecule has 7 rings (SSSR count). The number of aromatic nitrogens is 4. The summed E-state index contributed by atoms with van der Waals surface area (Å²) in [5, 5.41) is 17.3. The summed E-state index contributed by atoms with van der Waals surface area (Å²) in [7, 11) is 0. The molecule has 4 aliphatic rings. The van der Waals surface area contributed by atoms with Crippen molar-refractivity contribution in [2.45, 2.75) is 69.0 Å². The Labute approximate surface area is 237 Å². The molecule has 12 heteroatoms. The molecule has 2 bridgehead atoms. The normalized spacial score (nSPS) is 23.9. The predicted molar refractivity (Wildman–Crippen MR) is 149 cm³/mol. The van der Waals surface area contributed by atoms with Gasteiger partial charge in [0.05, 0.1) is 43.0 Å². The van der Waals surface area contributed by atoms with Gasteiger partial charge in [-0.25, -0.2) is 19.4 Å². The number of carbonyl (C=O) groups excluding carboxylic acids is 1. The minimum Gasteiger partial charge on any atom is -0.410 e. The van der Waals surface area contributed by atoms with E-state index in [1.165, 1.54) is 0 Å². The first-order valence-corrected chi connectivity index (χ1v) is 14.7. The van der Waals surface area contributed by atoms with Gasteiger partial charge in [0, 0.05) is 44.6 Å². The molecule has 3 aromatic rings. The van der Waals surface area contributed by atoms with Gasteiger partial charge in [0.2, 0.25) is 0 Å². The minimum absolute atomic E-state index is 0.0103. The van der Waals surface area contributed by atoms with Crippen LogP contribution >= 0.6 is 0 Å². The van der Waals surface area contributed by atoms with Gasteiger partial charge in [-0.2, -0.15) is 5.10 Å². The Morgan fingerprint density at radius 3 is 2.49 bits per heavy atom. The number of fused-ring (bicyclic) bond motifs is 3. The second kappa shape index (κ2) is 11.2. The third kappa shape index (κ3) is 5.36. The molecule has 218 valence electrons. The SMILES string of the molecule is O=C(NCCCO)Oc1ccc(-c2nc(N3CC4CCC(C3)O4)c3cnn(C4CCC5(CC4)OCCO5)c3n2)cc1. The summed E-state index contributed by atoms with van der Waals surface area (Å²) >= 11 is 0. The molecule has 1 aromatic carbocycles. The topological polar surface area (TPSA) is 133 Å². The van der Waals surface area contributed by atoms with E-state index in [1.807, 2.05) is 18.3 Å². The summed E-state index contributed by atoms with van der Waals surface area (Å²) in [6, 6.07) is 7.40. The van der Waals surface area contributed by atoms with Gasteiger partial charge < -0.3 is 34.3 Å². The first-order valence-electron chi connectivity index (χ1n) is 14.7. The third-order valence-electron chi connectivity index (χ3n) is 8.58. The number of hydrogen-bond donors (Lipinski definition) is 2. The van der Waals surface area contributed by atoms with Crippen LogP contribution in [0.4, 0.5) is 10.6 Å². The number of carbonyl (C=O) groups is 1. The number of nitrogens with one attached hydrogen (secondary N) is 1. The molecule has 2 aromatic heterocycles. The van der Waals surface area contributed by atoms with Crippen LogP contribution < -0.4 is 15.0 Å². The van der Waals surface area contributed by atoms with Crippen LogP contribution in [0.25, 0.3) is 22.4 Å². The number of morpholine rings is 1. The zero-order valence-electron chi connectivity index (χ0n) is 23.0. The first-order chi connectivity index (χ1) is 20.1. The van der Waals surface area contributed by atoms with Crippen LogP contribution in [0.5, 0.6) is 5.75 Å². The molecule has 3 saturated heterocycles. The van der Waals surface area contributed by atoms with Gasteiger partial charge in [-0.05, 0) is 56.4 Å². The van der Waals surface area contributed by atoms with Crippen LogP contribution in [0.3, 0.4) is 0 Å². The highest BCUT2D eigenvalue weighted by atomic mass is 16.7. The molecule has 1 spiro atoms. The van der Waals surface area contributed by atoms with Gasteiger partial charge in [-0.1, -0.05) is 0 Å². The maximum Gasteiger partial charge on any atom is 0.412 e. The van der Waals surface area contributed by atoms with E-state index < -0.39 is 11.9 Å². The standard InChI is InChI=1S/C29H36N6O6/c36-13-1-12-30-28(37)41-21-4-2-19(3-5-21)25-32-26(34-17-22-6-7-23(18-34)40-22)24-16-31-35(27(24)33-25)20-8-10-29(11-9-20)38-14-15-39-29/h2-5,16,20,22-23,36H,1,6-15,17-18H2,(H,30,37). The number of ether oxygens (including phenoxy) is 4. The smallest absolute Gasteiger partial charge is 0.410 e. The summed E-state index contributed by atoms with van der Waals surface area (Å²) in [5.41, 5.74) is 1.64. The molecule has 2 N–H and O–H groups in total. The lowest BCUT2D eigenvalue weighted by molar-refractivity contribution is -0.181. The first kappa shape index (κ1) is 26.6. The van der Waals surface area contributed by atoms with Crippen molar-refractivity contribution in [2.24, 2.45) is 0 Å². The van der Waals surface area contributed by atoms with Crippen LogP contribution in [-0.2, 0) is 14.2 Å². The molecule has 4 fully saturated rings. The van der Waals surface area contributed by atoms with Gasteiger partial charge in [-0.3, -0.25) is 0 Å². The summed E-state index contributed by atoms with van der Waals surface area (Å²) < 4.78 is 25.4. The maximum absolute atomic E-state index is 12.0. The van der Waals surface area contributed by atoms with E-state index in [9.17, 15) is 4.79 Å². The van der Waals surface area contributed by atoms with E-state index in [0.29, 0.717) is 37.8 Å². The summed E-state index contributed by atoms with van der Waals surface area (Å²) in [4.78, 5) is 24.5. The lowest BCUT2D eigenvalue weighted by Crippen LogP contribution is -2.43. The molecule has 1 amide bonds. The summed E-state index contributed by atoms with van der Waals surface area (Å²) in [6.45, 7) is 3.28. The molecule has 2 atom stereocenters. The fourth-order valence-electron chi connectivity index (χ4n) is 6.49. The zero-order chi connectivity index (χ0) is 27.8. The fourth-order valence-corrected chi connectivity index (χ4v) is 6.49. The lowest BCUT2D eigenvalue weighted by atomic mass is 9.90. The van der Waals surface area contributed by atoms with Crippen LogP contribution in [0, 0.1) is 0 Å². The van der Waals surface area contributed by atoms with E-state index in [4.69, 9.17) is 39.1 Å². The minimum atomic E-state index is -0.556. The molecule has 12 nitrogen and oxygen atoms in total. The summed E-state index contributed by atoms with van der Waals surface area (Å²) in [6.07, 6.45) is 7.90. The van der Waals surface area contributed by atoms with Crippen LogP contribution in [0.2, 0.25) is 0 Å². The number of benzene rings is 1. The highest BCUT2D eigenvalue weighted by Gasteiger charge is 2.41. The average Bonchev–Trinajstić information content (AvgIpc) is 3.72. The Bertz CT molecular complexity index is 1370. The number of rotatable bonds is 7. The van der Waals surface area contributed by atoms with Gasteiger partial charge in [-0.15, -0.1) is 0 Å². The Morgan fingerprint density at radius 2 is 1.78 bits per heavy atom. The van der Waals surface area contributed by atoms with Crippen molar-refractivity contribution in [3.8, 4) is 17.1 Å². The predicted octanol–water partition coefficient (Wildman–Crippen LogP) is 3.19. The van der Waals surface area contributed by atoms with Gasteiger partial charge in [0.1, 0.15) is 11.6 Å². The van der Waals surface area contributed by atoms with E-state index in [0.717, 1.165) is 74.0 Å². The van der Waals surface area contributed by atoms with Gasteiger partial charge in [0.15, 0.2) is 17.3 Å². The van der Waals surface area contributed by atoms with Gasteiger partial charge >= 0.3 is 6.09 Å². The summed E-state index contributed by atoms with van der Waals surface area (Å²) in [5.74, 6) is 1.47. The zero-order valence-corrected chi connectivity index (χ0v) is 23.0. The van der Waals surface area contributed by atoms with Crippen molar-refractivity contribution in [1.29, 1.82) is 0 Å². The molecule has 3 aliphatic heterocycles. The maximum atomic E-state index is 12.0. The van der Waals surface area contributed by atoms with Crippen molar-refractivity contribution < 1.29 is 28.8 Å². The Balaban J connectivity index is 1.19. The van der Waals surface area contributed by atoms with Crippen molar-refractivity contribution in [2.75, 3.05) is 44.4 Å². The van der Waals surface area contributed by atoms with Crippen LogP contribution in [0.1, 0.15) is 51.0 Å². The molecule has 2 unspecified atom stereocenters. The second-order valence-electron chi connectivity index (χ2n) is 11.3. The number of aliphatic hydroxyl groups is 1. The number of amides is 1. The lowest BCUT2D eigenvalue weighted by Gasteiger charge is -2.35. The molecule has 41 heavy (non-hydrogen) atoms.